The molecule has 3 rings (SSSR count). The number of H-pyrrole nitrogens is 1. The molecular formula is C9H11ClN4O. The number of piperidine rings is 1. The highest BCUT2D eigenvalue weighted by molar-refractivity contribution is 6.32. The predicted molar refractivity (Wildman–Crippen MR) is 57.1 cm³/mol. The molecule has 1 aliphatic heterocycles. The highest BCUT2D eigenvalue weighted by Crippen LogP contribution is 2.44. The van der Waals surface area contributed by atoms with Crippen molar-refractivity contribution in [1.29, 1.82) is 0 Å². The third kappa shape index (κ3) is 1.42. The molecule has 1 aromatic heterocycles. The lowest BCUT2D eigenvalue weighted by Gasteiger charge is -2.08. The van der Waals surface area contributed by atoms with Crippen LogP contribution in [-0.4, -0.2) is 29.3 Å². The van der Waals surface area contributed by atoms with Crippen LogP contribution in [-0.2, 0) is 0 Å². The third-order valence-electron chi connectivity index (χ3n) is 3.21. The minimum Gasteiger partial charge on any atom is -0.379 e. The summed E-state index contributed by atoms with van der Waals surface area (Å²) in [6.07, 6.45) is 1.56. The molecule has 5 nitrogen and oxygen atoms in total. The van der Waals surface area contributed by atoms with Crippen LogP contribution in [0.15, 0.2) is 11.0 Å². The van der Waals surface area contributed by atoms with Gasteiger partial charge in [-0.3, -0.25) is 4.79 Å². The first-order valence-electron chi connectivity index (χ1n) is 4.98. The lowest BCUT2D eigenvalue weighted by molar-refractivity contribution is 0.696. The highest BCUT2D eigenvalue weighted by atomic mass is 35.5. The number of nitrogens with one attached hydrogen (secondary N) is 3. The molecule has 80 valence electrons. The zero-order valence-corrected chi connectivity index (χ0v) is 8.71. The SMILES string of the molecule is O=c1[nH]ncc(NC2C3CNCC32)c1Cl. The molecule has 6 heteroatoms. The van der Waals surface area contributed by atoms with E-state index in [1.54, 1.807) is 6.20 Å². The number of fused-ring (bicyclic) bond motifs is 1. The van der Waals surface area contributed by atoms with Crippen LogP contribution in [0.25, 0.3) is 0 Å². The van der Waals surface area contributed by atoms with E-state index in [0.29, 0.717) is 23.6 Å². The number of hydrogen-bond acceptors (Lipinski definition) is 4. The Morgan fingerprint density at radius 3 is 2.93 bits per heavy atom. The van der Waals surface area contributed by atoms with Crippen LogP contribution >= 0.6 is 11.6 Å². The molecule has 2 atom stereocenters. The number of aromatic nitrogens is 2. The molecule has 1 aromatic rings. The van der Waals surface area contributed by atoms with Crippen molar-refractivity contribution in [2.24, 2.45) is 11.8 Å². The molecule has 1 saturated carbocycles. The van der Waals surface area contributed by atoms with Gasteiger partial charge in [0.05, 0.1) is 11.9 Å². The van der Waals surface area contributed by atoms with Crippen molar-refractivity contribution >= 4 is 17.3 Å². The van der Waals surface area contributed by atoms with Gasteiger partial charge in [-0.05, 0) is 11.8 Å². The number of hydrogen-bond donors (Lipinski definition) is 3. The fourth-order valence-electron chi connectivity index (χ4n) is 2.30. The lowest BCUT2D eigenvalue weighted by Crippen LogP contribution is -2.22. The normalized spacial score (nSPS) is 32.5. The molecule has 0 aromatic carbocycles. The molecule has 2 unspecified atom stereocenters. The summed E-state index contributed by atoms with van der Waals surface area (Å²) < 4.78 is 0. The van der Waals surface area contributed by atoms with E-state index in [-0.39, 0.29) is 10.6 Å². The van der Waals surface area contributed by atoms with Gasteiger partial charge in [-0.25, -0.2) is 5.10 Å². The first-order chi connectivity index (χ1) is 7.27. The maximum Gasteiger partial charge on any atom is 0.285 e. The topological polar surface area (TPSA) is 69.8 Å². The zero-order chi connectivity index (χ0) is 10.4. The molecule has 0 bridgehead atoms. The van der Waals surface area contributed by atoms with E-state index in [4.69, 9.17) is 11.6 Å². The Bertz CT molecular complexity index is 436. The fourth-order valence-corrected chi connectivity index (χ4v) is 2.44. The van der Waals surface area contributed by atoms with Crippen molar-refractivity contribution in [2.75, 3.05) is 18.4 Å². The molecule has 2 aliphatic rings. The largest absolute Gasteiger partial charge is 0.379 e. The van der Waals surface area contributed by atoms with Gasteiger partial charge in [0.1, 0.15) is 5.02 Å². The van der Waals surface area contributed by atoms with E-state index in [1.807, 2.05) is 0 Å². The molecule has 3 N–H and O–H groups in total. The number of anilines is 1. The van der Waals surface area contributed by atoms with Gasteiger partial charge in [-0.15, -0.1) is 0 Å². The summed E-state index contributed by atoms with van der Waals surface area (Å²) in [6, 6.07) is 0.451. The summed E-state index contributed by atoms with van der Waals surface area (Å²) in [5.41, 5.74) is 0.297. The summed E-state index contributed by atoms with van der Waals surface area (Å²) >= 11 is 5.86. The standard InChI is InChI=1S/C9H11ClN4O/c10-7-6(3-12-14-9(7)15)13-8-4-1-11-2-5(4)8/h3-5,8,11H,1-2H2,(H2,13,14,15). The smallest absolute Gasteiger partial charge is 0.285 e. The van der Waals surface area contributed by atoms with E-state index in [0.717, 1.165) is 13.1 Å². The Hall–Kier alpha value is -1.07. The molecular weight excluding hydrogens is 216 g/mol. The summed E-state index contributed by atoms with van der Waals surface area (Å²) in [5.74, 6) is 1.36. The number of nitrogens with zero attached hydrogens (tertiary/aromatic N) is 1. The van der Waals surface area contributed by atoms with Crippen molar-refractivity contribution in [1.82, 2.24) is 15.5 Å². The Morgan fingerprint density at radius 1 is 1.47 bits per heavy atom. The van der Waals surface area contributed by atoms with Gasteiger partial charge in [0.15, 0.2) is 0 Å². The first kappa shape index (κ1) is 9.18. The molecule has 0 amide bonds. The van der Waals surface area contributed by atoms with E-state index in [9.17, 15) is 4.79 Å². The van der Waals surface area contributed by atoms with E-state index in [1.165, 1.54) is 0 Å². The minimum atomic E-state index is -0.342. The van der Waals surface area contributed by atoms with Gasteiger partial charge in [-0.1, -0.05) is 11.6 Å². The van der Waals surface area contributed by atoms with Gasteiger partial charge >= 0.3 is 0 Å². The van der Waals surface area contributed by atoms with Gasteiger partial charge in [0.25, 0.3) is 5.56 Å². The molecule has 1 aliphatic carbocycles. The van der Waals surface area contributed by atoms with Crippen LogP contribution in [0.2, 0.25) is 5.02 Å². The fraction of sp³-hybridized carbons (Fsp3) is 0.556. The van der Waals surface area contributed by atoms with Crippen LogP contribution in [0.1, 0.15) is 0 Å². The van der Waals surface area contributed by atoms with Crippen molar-refractivity contribution in [3.63, 3.8) is 0 Å². The van der Waals surface area contributed by atoms with Gasteiger partial charge in [0, 0.05) is 19.1 Å². The summed E-state index contributed by atoms with van der Waals surface area (Å²) in [7, 11) is 0. The highest BCUT2D eigenvalue weighted by Gasteiger charge is 2.53. The average Bonchev–Trinajstić information content (AvgIpc) is 2.69. The Kier molecular flexibility index (Phi) is 1.97. The number of aromatic amines is 1. The molecule has 2 heterocycles. The van der Waals surface area contributed by atoms with Crippen molar-refractivity contribution in [3.8, 4) is 0 Å². The van der Waals surface area contributed by atoms with E-state index < -0.39 is 0 Å². The predicted octanol–water partition coefficient (Wildman–Crippen LogP) is 0.0530. The van der Waals surface area contributed by atoms with Crippen LogP contribution in [0.4, 0.5) is 5.69 Å². The molecule has 1 saturated heterocycles. The van der Waals surface area contributed by atoms with Gasteiger partial charge < -0.3 is 10.6 Å². The Morgan fingerprint density at radius 2 is 2.20 bits per heavy atom. The van der Waals surface area contributed by atoms with Crippen LogP contribution < -0.4 is 16.2 Å². The molecule has 0 radical (unpaired) electrons. The third-order valence-corrected chi connectivity index (χ3v) is 3.58. The summed E-state index contributed by atoms with van der Waals surface area (Å²) in [6.45, 7) is 2.10. The van der Waals surface area contributed by atoms with E-state index >= 15 is 0 Å². The number of halogens is 1. The van der Waals surface area contributed by atoms with E-state index in [2.05, 4.69) is 20.8 Å². The molecule has 0 spiro atoms. The molecule has 2 fully saturated rings. The van der Waals surface area contributed by atoms with Gasteiger partial charge in [-0.2, -0.15) is 5.10 Å². The lowest BCUT2D eigenvalue weighted by atomic mass is 10.4. The number of rotatable bonds is 2. The average molecular weight is 227 g/mol. The van der Waals surface area contributed by atoms with Crippen molar-refractivity contribution < 1.29 is 0 Å². The zero-order valence-electron chi connectivity index (χ0n) is 7.96. The Balaban J connectivity index is 1.78. The van der Waals surface area contributed by atoms with Crippen LogP contribution in [0, 0.1) is 11.8 Å². The molecule has 15 heavy (non-hydrogen) atoms. The first-order valence-corrected chi connectivity index (χ1v) is 5.35. The summed E-state index contributed by atoms with van der Waals surface area (Å²) in [5, 5.41) is 12.8. The quantitative estimate of drug-likeness (QED) is 0.667. The Labute approximate surface area is 91.2 Å². The second kappa shape index (κ2) is 3.21. The monoisotopic (exact) mass is 226 g/mol. The van der Waals surface area contributed by atoms with Crippen molar-refractivity contribution in [3.05, 3.63) is 21.6 Å². The van der Waals surface area contributed by atoms with Gasteiger partial charge in [0.2, 0.25) is 0 Å². The minimum absolute atomic E-state index is 0.197. The van der Waals surface area contributed by atoms with Crippen LogP contribution in [0.5, 0.6) is 0 Å². The summed E-state index contributed by atoms with van der Waals surface area (Å²) in [4.78, 5) is 11.2. The maximum atomic E-state index is 11.2. The second-order valence-electron chi connectivity index (χ2n) is 4.08. The second-order valence-corrected chi connectivity index (χ2v) is 4.46. The van der Waals surface area contributed by atoms with Crippen LogP contribution in [0.3, 0.4) is 0 Å². The maximum absolute atomic E-state index is 11.2. The van der Waals surface area contributed by atoms with Crippen molar-refractivity contribution in [2.45, 2.75) is 6.04 Å².